The number of nitrogens with two attached hydrogens (primary N) is 1. The Kier molecular flexibility index (Phi) is 3.62. The highest BCUT2D eigenvalue weighted by Gasteiger charge is 2.14. The molecular weight excluding hydrogens is 246 g/mol. The van der Waals surface area contributed by atoms with Gasteiger partial charge >= 0.3 is 0 Å². The summed E-state index contributed by atoms with van der Waals surface area (Å²) in [5, 5.41) is 3.80. The molecule has 0 fully saturated rings. The van der Waals surface area contributed by atoms with E-state index in [-0.39, 0.29) is 11.9 Å². The number of anilines is 1. The van der Waals surface area contributed by atoms with Gasteiger partial charge in [0.2, 0.25) is 0 Å². The van der Waals surface area contributed by atoms with Crippen LogP contribution in [0.2, 0.25) is 0 Å². The van der Waals surface area contributed by atoms with E-state index in [9.17, 15) is 4.79 Å². The van der Waals surface area contributed by atoms with Gasteiger partial charge in [0.25, 0.3) is 5.91 Å². The Labute approximate surface area is 110 Å². The van der Waals surface area contributed by atoms with Crippen molar-refractivity contribution in [3.8, 4) is 0 Å². The smallest absolute Gasteiger partial charge is 0.263 e. The van der Waals surface area contributed by atoms with Crippen LogP contribution >= 0.6 is 11.3 Å². The number of carbonyl (C=O) groups excluding carboxylic acids is 1. The average Bonchev–Trinajstić information content (AvgIpc) is 2.76. The molecule has 0 aliphatic heterocycles. The number of amides is 1. The quantitative estimate of drug-likeness (QED) is 0.834. The Balaban J connectivity index is 2.10. The van der Waals surface area contributed by atoms with Gasteiger partial charge in [-0.15, -0.1) is 11.3 Å². The Morgan fingerprint density at radius 2 is 2.17 bits per heavy atom. The second-order valence-corrected chi connectivity index (χ2v) is 5.30. The zero-order valence-corrected chi connectivity index (χ0v) is 11.1. The van der Waals surface area contributed by atoms with Crippen LogP contribution in [0.25, 0.3) is 0 Å². The summed E-state index contributed by atoms with van der Waals surface area (Å²) in [5.41, 5.74) is 7.49. The fourth-order valence-corrected chi connectivity index (χ4v) is 2.40. The number of rotatable bonds is 3. The number of aryl methyl sites for hydroxylation is 1. The van der Waals surface area contributed by atoms with Crippen molar-refractivity contribution in [3.05, 3.63) is 45.9 Å². The second-order valence-electron chi connectivity index (χ2n) is 4.07. The maximum Gasteiger partial charge on any atom is 0.263 e. The Morgan fingerprint density at radius 1 is 1.44 bits per heavy atom. The second kappa shape index (κ2) is 5.18. The van der Waals surface area contributed by atoms with E-state index in [1.165, 1.54) is 11.3 Å². The highest BCUT2D eigenvalue weighted by molar-refractivity contribution is 7.13. The molecule has 2 rings (SSSR count). The summed E-state index contributed by atoms with van der Waals surface area (Å²) in [4.78, 5) is 16.7. The molecule has 5 heteroatoms. The first kappa shape index (κ1) is 12.6. The van der Waals surface area contributed by atoms with E-state index in [4.69, 9.17) is 5.73 Å². The molecule has 0 radical (unpaired) electrons. The topological polar surface area (TPSA) is 68.0 Å². The van der Waals surface area contributed by atoms with Crippen LogP contribution < -0.4 is 11.1 Å². The van der Waals surface area contributed by atoms with Crippen LogP contribution in [-0.2, 0) is 0 Å². The molecule has 1 unspecified atom stereocenters. The highest BCUT2D eigenvalue weighted by atomic mass is 32.1. The van der Waals surface area contributed by atoms with Crippen molar-refractivity contribution in [2.24, 2.45) is 0 Å². The summed E-state index contributed by atoms with van der Waals surface area (Å²) in [5.74, 6) is -0.114. The van der Waals surface area contributed by atoms with Gasteiger partial charge in [0.1, 0.15) is 4.88 Å². The third-order valence-electron chi connectivity index (χ3n) is 2.66. The van der Waals surface area contributed by atoms with Crippen molar-refractivity contribution in [2.45, 2.75) is 19.9 Å². The van der Waals surface area contributed by atoms with Gasteiger partial charge in [-0.1, -0.05) is 18.2 Å². The van der Waals surface area contributed by atoms with E-state index in [2.05, 4.69) is 10.3 Å². The molecule has 0 aliphatic carbocycles. The number of hydrogen-bond acceptors (Lipinski definition) is 4. The lowest BCUT2D eigenvalue weighted by Crippen LogP contribution is -2.26. The van der Waals surface area contributed by atoms with Crippen molar-refractivity contribution in [1.82, 2.24) is 10.3 Å². The van der Waals surface area contributed by atoms with Gasteiger partial charge in [-0.25, -0.2) is 4.98 Å². The number of nitrogens with one attached hydrogen (secondary N) is 1. The van der Waals surface area contributed by atoms with E-state index in [1.807, 2.05) is 38.1 Å². The molecule has 0 saturated carbocycles. The van der Waals surface area contributed by atoms with Crippen molar-refractivity contribution in [1.29, 1.82) is 0 Å². The number of benzene rings is 1. The predicted molar refractivity (Wildman–Crippen MR) is 73.6 cm³/mol. The van der Waals surface area contributed by atoms with Crippen LogP contribution in [0.3, 0.4) is 0 Å². The minimum Gasteiger partial charge on any atom is -0.398 e. The van der Waals surface area contributed by atoms with Crippen LogP contribution in [0, 0.1) is 6.92 Å². The number of thiazole rings is 1. The molecule has 0 aliphatic rings. The SMILES string of the molecule is Cc1ncc(C(=O)NC(C)c2ccccc2N)s1. The lowest BCUT2D eigenvalue weighted by molar-refractivity contribution is 0.0944. The fourth-order valence-electron chi connectivity index (χ4n) is 1.72. The van der Waals surface area contributed by atoms with Crippen LogP contribution in [-0.4, -0.2) is 10.9 Å². The van der Waals surface area contributed by atoms with Gasteiger partial charge in [-0.3, -0.25) is 4.79 Å². The summed E-state index contributed by atoms with van der Waals surface area (Å²) < 4.78 is 0. The monoisotopic (exact) mass is 261 g/mol. The first-order valence-electron chi connectivity index (χ1n) is 5.65. The molecule has 1 amide bonds. The van der Waals surface area contributed by atoms with E-state index in [0.29, 0.717) is 10.6 Å². The van der Waals surface area contributed by atoms with E-state index in [1.54, 1.807) is 6.20 Å². The van der Waals surface area contributed by atoms with Crippen LogP contribution in [0.4, 0.5) is 5.69 Å². The van der Waals surface area contributed by atoms with Gasteiger partial charge in [0, 0.05) is 5.69 Å². The molecule has 1 aromatic carbocycles. The fraction of sp³-hybridized carbons (Fsp3) is 0.231. The van der Waals surface area contributed by atoms with E-state index < -0.39 is 0 Å². The number of carbonyl (C=O) groups is 1. The van der Waals surface area contributed by atoms with Crippen molar-refractivity contribution < 1.29 is 4.79 Å². The van der Waals surface area contributed by atoms with Gasteiger partial charge in [0.15, 0.2) is 0 Å². The number of nitrogen functional groups attached to an aromatic ring is 1. The van der Waals surface area contributed by atoms with Crippen molar-refractivity contribution >= 4 is 22.9 Å². The Morgan fingerprint density at radius 3 is 2.78 bits per heavy atom. The normalized spacial score (nSPS) is 12.1. The molecule has 1 heterocycles. The molecule has 0 spiro atoms. The largest absolute Gasteiger partial charge is 0.398 e. The molecule has 18 heavy (non-hydrogen) atoms. The minimum atomic E-state index is -0.124. The Bertz CT molecular complexity index is 565. The zero-order valence-electron chi connectivity index (χ0n) is 10.3. The first-order valence-corrected chi connectivity index (χ1v) is 6.47. The lowest BCUT2D eigenvalue weighted by atomic mass is 10.1. The van der Waals surface area contributed by atoms with Gasteiger partial charge < -0.3 is 11.1 Å². The van der Waals surface area contributed by atoms with Gasteiger partial charge in [-0.05, 0) is 25.5 Å². The molecule has 0 saturated heterocycles. The van der Waals surface area contributed by atoms with Crippen molar-refractivity contribution in [3.63, 3.8) is 0 Å². The Hall–Kier alpha value is -1.88. The summed E-state index contributed by atoms with van der Waals surface area (Å²) in [6.07, 6.45) is 1.59. The van der Waals surface area contributed by atoms with Crippen LogP contribution in [0.1, 0.15) is 33.2 Å². The molecule has 0 bridgehead atoms. The molecule has 4 nitrogen and oxygen atoms in total. The zero-order chi connectivity index (χ0) is 13.1. The highest BCUT2D eigenvalue weighted by Crippen LogP contribution is 2.20. The summed E-state index contributed by atoms with van der Waals surface area (Å²) >= 11 is 1.38. The average molecular weight is 261 g/mol. The number of nitrogens with zero attached hydrogens (tertiary/aromatic N) is 1. The lowest BCUT2D eigenvalue weighted by Gasteiger charge is -2.15. The molecule has 94 valence electrons. The first-order chi connectivity index (χ1) is 8.58. The minimum absolute atomic E-state index is 0.114. The molecule has 3 N–H and O–H groups in total. The number of aromatic nitrogens is 1. The third-order valence-corrected chi connectivity index (χ3v) is 3.57. The molecule has 1 aromatic heterocycles. The summed E-state index contributed by atoms with van der Waals surface area (Å²) in [6.45, 7) is 3.79. The van der Waals surface area contributed by atoms with Gasteiger partial charge in [0.05, 0.1) is 17.2 Å². The summed E-state index contributed by atoms with van der Waals surface area (Å²) in [6, 6.07) is 7.40. The molecule has 2 aromatic rings. The number of hydrogen-bond donors (Lipinski definition) is 2. The van der Waals surface area contributed by atoms with Crippen molar-refractivity contribution in [2.75, 3.05) is 5.73 Å². The maximum atomic E-state index is 12.0. The van der Waals surface area contributed by atoms with Gasteiger partial charge in [-0.2, -0.15) is 0 Å². The van der Waals surface area contributed by atoms with E-state index >= 15 is 0 Å². The van der Waals surface area contributed by atoms with Crippen LogP contribution in [0.15, 0.2) is 30.5 Å². The summed E-state index contributed by atoms with van der Waals surface area (Å²) in [7, 11) is 0. The molecular formula is C13H15N3OS. The predicted octanol–water partition coefficient (Wildman–Crippen LogP) is 2.52. The third kappa shape index (κ3) is 2.68. The standard InChI is InChI=1S/C13H15N3OS/c1-8(10-5-3-4-6-11(10)14)16-13(17)12-7-15-9(2)18-12/h3-8H,14H2,1-2H3,(H,16,17). The van der Waals surface area contributed by atoms with Crippen LogP contribution in [0.5, 0.6) is 0 Å². The maximum absolute atomic E-state index is 12.0. The molecule has 1 atom stereocenters. The number of para-hydroxylation sites is 1. The van der Waals surface area contributed by atoms with E-state index in [0.717, 1.165) is 10.6 Å².